The summed E-state index contributed by atoms with van der Waals surface area (Å²) in [5.74, 6) is 0.384. The second-order valence-electron chi connectivity index (χ2n) is 5.85. The van der Waals surface area contributed by atoms with E-state index in [1.54, 1.807) is 6.07 Å². The summed E-state index contributed by atoms with van der Waals surface area (Å²) in [6, 6.07) is 5.38. The van der Waals surface area contributed by atoms with Crippen molar-refractivity contribution in [1.29, 1.82) is 0 Å². The van der Waals surface area contributed by atoms with Gasteiger partial charge in [0.15, 0.2) is 0 Å². The van der Waals surface area contributed by atoms with E-state index in [0.29, 0.717) is 5.75 Å². The van der Waals surface area contributed by atoms with Crippen molar-refractivity contribution >= 4 is 5.97 Å². The quantitative estimate of drug-likeness (QED) is 0.872. The Morgan fingerprint density at radius 2 is 2.10 bits per heavy atom. The molecule has 4 heteroatoms. The Hall–Kier alpha value is -1.55. The molecule has 1 fully saturated rings. The monoisotopic (exact) mass is 291 g/mol. The van der Waals surface area contributed by atoms with Gasteiger partial charge in [0.2, 0.25) is 0 Å². The first-order valence-corrected chi connectivity index (χ1v) is 7.76. The van der Waals surface area contributed by atoms with Gasteiger partial charge in [0.25, 0.3) is 0 Å². The van der Waals surface area contributed by atoms with Crippen LogP contribution in [0.3, 0.4) is 0 Å². The third-order valence-electron chi connectivity index (χ3n) is 4.31. The van der Waals surface area contributed by atoms with Crippen LogP contribution < -0.4 is 4.74 Å². The highest BCUT2D eigenvalue weighted by Crippen LogP contribution is 2.25. The molecule has 1 heterocycles. The van der Waals surface area contributed by atoms with E-state index in [4.69, 9.17) is 9.84 Å². The van der Waals surface area contributed by atoms with Crippen LogP contribution in [-0.2, 0) is 6.54 Å². The number of piperidine rings is 1. The lowest BCUT2D eigenvalue weighted by molar-refractivity contribution is 0.0693. The topological polar surface area (TPSA) is 49.8 Å². The highest BCUT2D eigenvalue weighted by molar-refractivity contribution is 5.90. The predicted molar refractivity (Wildman–Crippen MR) is 82.9 cm³/mol. The van der Waals surface area contributed by atoms with Crippen molar-refractivity contribution < 1.29 is 14.6 Å². The number of aromatic carboxylic acids is 1. The van der Waals surface area contributed by atoms with Crippen molar-refractivity contribution in [2.24, 2.45) is 5.92 Å². The molecule has 1 aromatic rings. The summed E-state index contributed by atoms with van der Waals surface area (Å²) in [5, 5.41) is 9.10. The molecule has 116 valence electrons. The number of rotatable bonds is 6. The van der Waals surface area contributed by atoms with Gasteiger partial charge in [-0.25, -0.2) is 4.79 Å². The molecule has 1 aromatic carbocycles. The van der Waals surface area contributed by atoms with Gasteiger partial charge in [0.1, 0.15) is 11.3 Å². The van der Waals surface area contributed by atoms with Crippen LogP contribution in [0.2, 0.25) is 0 Å². The summed E-state index contributed by atoms with van der Waals surface area (Å²) in [4.78, 5) is 13.5. The predicted octanol–water partition coefficient (Wildman–Crippen LogP) is 3.41. The number of carbonyl (C=O) groups is 1. The second kappa shape index (κ2) is 7.46. The highest BCUT2D eigenvalue weighted by Gasteiger charge is 2.19. The molecule has 0 unspecified atom stereocenters. The maximum absolute atomic E-state index is 11.1. The zero-order valence-corrected chi connectivity index (χ0v) is 13.0. The number of ether oxygens (including phenoxy) is 1. The third kappa shape index (κ3) is 4.21. The molecule has 0 atom stereocenters. The largest absolute Gasteiger partial charge is 0.496 e. The molecule has 21 heavy (non-hydrogen) atoms. The summed E-state index contributed by atoms with van der Waals surface area (Å²) in [6.45, 7) is 5.39. The van der Waals surface area contributed by atoms with Gasteiger partial charge in [-0.15, -0.1) is 0 Å². The molecular formula is C17H25NO3. The number of benzene rings is 1. The summed E-state index contributed by atoms with van der Waals surface area (Å²) >= 11 is 0. The number of methoxy groups -OCH3 is 1. The Morgan fingerprint density at radius 3 is 2.67 bits per heavy atom. The van der Waals surface area contributed by atoms with Gasteiger partial charge in [-0.05, 0) is 49.5 Å². The van der Waals surface area contributed by atoms with Crippen molar-refractivity contribution in [2.75, 3.05) is 20.2 Å². The minimum atomic E-state index is -0.946. The Balaban J connectivity index is 1.96. The molecule has 4 nitrogen and oxygen atoms in total. The molecular weight excluding hydrogens is 266 g/mol. The summed E-state index contributed by atoms with van der Waals surface area (Å²) in [6.07, 6.45) is 5.17. The molecule has 0 aromatic heterocycles. The lowest BCUT2D eigenvalue weighted by atomic mass is 9.92. The van der Waals surface area contributed by atoms with Crippen molar-refractivity contribution in [3.63, 3.8) is 0 Å². The molecule has 1 aliphatic heterocycles. The van der Waals surface area contributed by atoms with E-state index >= 15 is 0 Å². The number of nitrogens with zero attached hydrogens (tertiary/aromatic N) is 1. The van der Waals surface area contributed by atoms with E-state index in [-0.39, 0.29) is 5.56 Å². The lowest BCUT2D eigenvalue weighted by Crippen LogP contribution is -2.33. The fraction of sp³-hybridized carbons (Fsp3) is 0.588. The first-order chi connectivity index (χ1) is 10.1. The van der Waals surface area contributed by atoms with Crippen LogP contribution in [0.15, 0.2) is 18.2 Å². The van der Waals surface area contributed by atoms with Crippen LogP contribution in [0.5, 0.6) is 5.75 Å². The lowest BCUT2D eigenvalue weighted by Gasteiger charge is -2.32. The SMILES string of the molecule is CCCC1CCN(Cc2ccc(C(=O)O)c(OC)c2)CC1. The van der Waals surface area contributed by atoms with Crippen molar-refractivity contribution in [1.82, 2.24) is 4.90 Å². The van der Waals surface area contributed by atoms with E-state index in [1.165, 1.54) is 32.8 Å². The van der Waals surface area contributed by atoms with Gasteiger partial charge < -0.3 is 9.84 Å². The van der Waals surface area contributed by atoms with Crippen LogP contribution in [-0.4, -0.2) is 36.2 Å². The zero-order chi connectivity index (χ0) is 15.2. The molecule has 1 aliphatic rings. The van der Waals surface area contributed by atoms with Gasteiger partial charge in [0, 0.05) is 6.54 Å². The van der Waals surface area contributed by atoms with E-state index in [9.17, 15) is 4.79 Å². The molecule has 1 saturated heterocycles. The number of hydrogen-bond donors (Lipinski definition) is 1. The second-order valence-corrected chi connectivity index (χ2v) is 5.85. The van der Waals surface area contributed by atoms with Gasteiger partial charge in [-0.1, -0.05) is 25.8 Å². The van der Waals surface area contributed by atoms with Crippen LogP contribution in [0.4, 0.5) is 0 Å². The van der Waals surface area contributed by atoms with Crippen molar-refractivity contribution in [3.05, 3.63) is 29.3 Å². The standard InChI is InChI=1S/C17H25NO3/c1-3-4-13-7-9-18(10-8-13)12-14-5-6-15(17(19)20)16(11-14)21-2/h5-6,11,13H,3-4,7-10,12H2,1-2H3,(H,19,20). The Bertz CT molecular complexity index is 479. The fourth-order valence-electron chi connectivity index (χ4n) is 3.11. The maximum Gasteiger partial charge on any atom is 0.339 e. The Morgan fingerprint density at radius 1 is 1.38 bits per heavy atom. The first-order valence-electron chi connectivity index (χ1n) is 7.76. The zero-order valence-electron chi connectivity index (χ0n) is 13.0. The van der Waals surface area contributed by atoms with Gasteiger partial charge >= 0.3 is 5.97 Å². The number of likely N-dealkylation sites (tertiary alicyclic amines) is 1. The van der Waals surface area contributed by atoms with Crippen LogP contribution >= 0.6 is 0 Å². The van der Waals surface area contributed by atoms with Crippen molar-refractivity contribution in [3.8, 4) is 5.75 Å². The van der Waals surface area contributed by atoms with Gasteiger partial charge in [-0.3, -0.25) is 4.90 Å². The molecule has 0 saturated carbocycles. The van der Waals surface area contributed by atoms with E-state index < -0.39 is 5.97 Å². The van der Waals surface area contributed by atoms with Crippen LogP contribution in [0.25, 0.3) is 0 Å². The Labute approximate surface area is 126 Å². The van der Waals surface area contributed by atoms with E-state index in [0.717, 1.165) is 31.1 Å². The highest BCUT2D eigenvalue weighted by atomic mass is 16.5. The average Bonchev–Trinajstić information content (AvgIpc) is 2.49. The average molecular weight is 291 g/mol. The van der Waals surface area contributed by atoms with Crippen molar-refractivity contribution in [2.45, 2.75) is 39.2 Å². The molecule has 1 N–H and O–H groups in total. The summed E-state index contributed by atoms with van der Waals surface area (Å²) in [5.41, 5.74) is 1.34. The third-order valence-corrected chi connectivity index (χ3v) is 4.31. The molecule has 0 aliphatic carbocycles. The maximum atomic E-state index is 11.1. The fourth-order valence-corrected chi connectivity index (χ4v) is 3.11. The van der Waals surface area contributed by atoms with E-state index in [1.807, 2.05) is 12.1 Å². The molecule has 0 amide bonds. The summed E-state index contributed by atoms with van der Waals surface area (Å²) in [7, 11) is 1.52. The van der Waals surface area contributed by atoms with Crippen LogP contribution in [0.1, 0.15) is 48.5 Å². The normalized spacial score (nSPS) is 16.9. The molecule has 0 spiro atoms. The minimum Gasteiger partial charge on any atom is -0.496 e. The van der Waals surface area contributed by atoms with Gasteiger partial charge in [0.05, 0.1) is 7.11 Å². The minimum absolute atomic E-state index is 0.225. The number of carboxylic acids is 1. The number of carboxylic acid groups (broad SMARTS) is 1. The molecule has 0 bridgehead atoms. The molecule has 0 radical (unpaired) electrons. The molecule has 2 rings (SSSR count). The van der Waals surface area contributed by atoms with E-state index in [2.05, 4.69) is 11.8 Å². The number of hydrogen-bond acceptors (Lipinski definition) is 3. The first kappa shape index (κ1) is 15.8. The van der Waals surface area contributed by atoms with Crippen LogP contribution in [0, 0.1) is 5.92 Å². The Kier molecular flexibility index (Phi) is 5.62. The smallest absolute Gasteiger partial charge is 0.339 e. The summed E-state index contributed by atoms with van der Waals surface area (Å²) < 4.78 is 5.19. The van der Waals surface area contributed by atoms with Gasteiger partial charge in [-0.2, -0.15) is 0 Å².